The largest absolute Gasteiger partial charge is 0.467 e. The van der Waals surface area contributed by atoms with Gasteiger partial charge in [0.05, 0.1) is 9.79 Å². The van der Waals surface area contributed by atoms with Crippen LogP contribution in [-0.4, -0.2) is 40.3 Å². The Morgan fingerprint density at radius 1 is 0.692 bits per heavy atom. The zero-order valence-electron chi connectivity index (χ0n) is 16.2. The first-order chi connectivity index (χ1) is 12.5. The second-order valence-corrected chi connectivity index (χ2v) is 7.45. The molecule has 0 bridgehead atoms. The summed E-state index contributed by atoms with van der Waals surface area (Å²) in [6.07, 6.45) is 4.11. The quantitative estimate of drug-likeness (QED) is 0.420. The Kier molecular flexibility index (Phi) is 8.15. The molecular formula is C20H26O4S2. The second-order valence-electron chi connectivity index (χ2n) is 5.75. The zero-order chi connectivity index (χ0) is 19.1. The number of aryl methyl sites for hydroxylation is 2. The van der Waals surface area contributed by atoms with E-state index in [1.54, 1.807) is 37.7 Å². The fraction of sp³-hybridized carbons (Fsp3) is 0.400. The van der Waals surface area contributed by atoms with Crippen molar-refractivity contribution in [1.29, 1.82) is 0 Å². The van der Waals surface area contributed by atoms with Gasteiger partial charge in [-0.3, -0.25) is 0 Å². The van der Waals surface area contributed by atoms with Gasteiger partial charge >= 0.3 is 0 Å². The molecule has 0 aromatic heterocycles. The van der Waals surface area contributed by atoms with Crippen LogP contribution in [0.5, 0.6) is 11.5 Å². The van der Waals surface area contributed by atoms with E-state index in [0.717, 1.165) is 43.5 Å². The Bertz CT molecular complexity index is 699. The lowest BCUT2D eigenvalue weighted by Crippen LogP contribution is -2.03. The van der Waals surface area contributed by atoms with E-state index in [1.165, 1.54) is 0 Å². The molecule has 0 aliphatic rings. The van der Waals surface area contributed by atoms with Crippen molar-refractivity contribution in [3.8, 4) is 22.6 Å². The van der Waals surface area contributed by atoms with E-state index in [1.807, 2.05) is 0 Å². The lowest BCUT2D eigenvalue weighted by Gasteiger charge is -2.17. The SMILES string of the molecule is COCOc1c(C)cc(-c2cc(SC)c(OCOC)c(SC)c2)cc1C. The van der Waals surface area contributed by atoms with Gasteiger partial charge in [-0.15, -0.1) is 23.5 Å². The minimum Gasteiger partial charge on any atom is -0.467 e. The van der Waals surface area contributed by atoms with Crippen LogP contribution in [0.1, 0.15) is 11.1 Å². The average molecular weight is 395 g/mol. The first-order valence-corrected chi connectivity index (χ1v) is 10.6. The number of benzene rings is 2. The summed E-state index contributed by atoms with van der Waals surface area (Å²) in [6.45, 7) is 4.61. The number of ether oxygens (including phenoxy) is 4. The van der Waals surface area contributed by atoms with Gasteiger partial charge < -0.3 is 18.9 Å². The average Bonchev–Trinajstić information content (AvgIpc) is 2.64. The Labute approximate surface area is 164 Å². The van der Waals surface area contributed by atoms with Crippen LogP contribution in [0.4, 0.5) is 0 Å². The zero-order valence-corrected chi connectivity index (χ0v) is 17.8. The topological polar surface area (TPSA) is 36.9 Å². The third kappa shape index (κ3) is 4.88. The third-order valence-electron chi connectivity index (χ3n) is 3.90. The molecule has 0 radical (unpaired) electrons. The minimum atomic E-state index is 0.240. The molecule has 0 aliphatic heterocycles. The maximum absolute atomic E-state index is 5.80. The van der Waals surface area contributed by atoms with Crippen molar-refractivity contribution in [1.82, 2.24) is 0 Å². The molecule has 6 heteroatoms. The van der Waals surface area contributed by atoms with Crippen molar-refractivity contribution in [3.63, 3.8) is 0 Å². The molecular weight excluding hydrogens is 368 g/mol. The van der Waals surface area contributed by atoms with E-state index >= 15 is 0 Å². The van der Waals surface area contributed by atoms with Crippen LogP contribution < -0.4 is 9.47 Å². The fourth-order valence-corrected chi connectivity index (χ4v) is 4.03. The summed E-state index contributed by atoms with van der Waals surface area (Å²) in [7, 11) is 3.25. The van der Waals surface area contributed by atoms with Gasteiger partial charge in [0.2, 0.25) is 0 Å². The van der Waals surface area contributed by atoms with Crippen molar-refractivity contribution in [3.05, 3.63) is 35.4 Å². The molecule has 0 N–H and O–H groups in total. The highest BCUT2D eigenvalue weighted by Crippen LogP contribution is 2.41. The Balaban J connectivity index is 2.48. The van der Waals surface area contributed by atoms with Crippen molar-refractivity contribution in [2.45, 2.75) is 23.6 Å². The van der Waals surface area contributed by atoms with Crippen LogP contribution in [-0.2, 0) is 9.47 Å². The molecule has 0 aliphatic carbocycles. The summed E-state index contributed by atoms with van der Waals surface area (Å²) >= 11 is 3.34. The van der Waals surface area contributed by atoms with E-state index in [0.29, 0.717) is 0 Å². The van der Waals surface area contributed by atoms with Crippen LogP contribution in [0.15, 0.2) is 34.1 Å². The molecule has 0 heterocycles. The van der Waals surface area contributed by atoms with Gasteiger partial charge in [-0.1, -0.05) is 0 Å². The standard InChI is InChI=1S/C20H26O4S2/c1-13-7-15(8-14(2)19(13)23-11-21-3)16-9-17(25-5)20(24-12-22-4)18(10-16)26-6/h7-10H,11-12H2,1-6H3. The summed E-state index contributed by atoms with van der Waals surface area (Å²) < 4.78 is 21.6. The summed E-state index contributed by atoms with van der Waals surface area (Å²) in [5.41, 5.74) is 4.50. The minimum absolute atomic E-state index is 0.240. The highest BCUT2D eigenvalue weighted by molar-refractivity contribution is 7.99. The van der Waals surface area contributed by atoms with Gasteiger partial charge in [-0.25, -0.2) is 0 Å². The molecule has 2 aromatic rings. The van der Waals surface area contributed by atoms with E-state index in [-0.39, 0.29) is 13.6 Å². The molecule has 2 rings (SSSR count). The molecule has 0 fully saturated rings. The fourth-order valence-electron chi connectivity index (χ4n) is 2.77. The molecule has 0 saturated carbocycles. The normalized spacial score (nSPS) is 10.8. The van der Waals surface area contributed by atoms with Gasteiger partial charge in [0.15, 0.2) is 13.6 Å². The molecule has 0 unspecified atom stereocenters. The summed E-state index contributed by atoms with van der Waals surface area (Å²) in [5, 5.41) is 0. The predicted octanol–water partition coefficient (Wildman–Crippen LogP) is 5.38. The maximum Gasteiger partial charge on any atom is 0.188 e. The summed E-state index contributed by atoms with van der Waals surface area (Å²) in [5.74, 6) is 1.76. The van der Waals surface area contributed by atoms with E-state index < -0.39 is 0 Å². The van der Waals surface area contributed by atoms with Gasteiger partial charge in [-0.05, 0) is 72.9 Å². The number of hydrogen-bond acceptors (Lipinski definition) is 6. The number of rotatable bonds is 9. The lowest BCUT2D eigenvalue weighted by molar-refractivity contribution is 0.0471. The third-order valence-corrected chi connectivity index (χ3v) is 5.38. The van der Waals surface area contributed by atoms with Crippen molar-refractivity contribution in [2.75, 3.05) is 40.3 Å². The Morgan fingerprint density at radius 2 is 1.12 bits per heavy atom. The van der Waals surface area contributed by atoms with Crippen LogP contribution >= 0.6 is 23.5 Å². The van der Waals surface area contributed by atoms with Crippen LogP contribution in [0, 0.1) is 13.8 Å². The molecule has 0 amide bonds. The summed E-state index contributed by atoms with van der Waals surface area (Å²) in [6, 6.07) is 8.63. The first-order valence-electron chi connectivity index (χ1n) is 8.16. The summed E-state index contributed by atoms with van der Waals surface area (Å²) in [4.78, 5) is 2.19. The molecule has 4 nitrogen and oxygen atoms in total. The van der Waals surface area contributed by atoms with Crippen molar-refractivity contribution in [2.24, 2.45) is 0 Å². The second kappa shape index (κ2) is 10.1. The maximum atomic E-state index is 5.80. The first kappa shape index (κ1) is 21.0. The monoisotopic (exact) mass is 394 g/mol. The van der Waals surface area contributed by atoms with E-state index in [9.17, 15) is 0 Å². The van der Waals surface area contributed by atoms with Gasteiger partial charge in [-0.2, -0.15) is 0 Å². The molecule has 142 valence electrons. The van der Waals surface area contributed by atoms with Gasteiger partial charge in [0.25, 0.3) is 0 Å². The van der Waals surface area contributed by atoms with Crippen molar-refractivity contribution >= 4 is 23.5 Å². The smallest absolute Gasteiger partial charge is 0.188 e. The molecule has 2 aromatic carbocycles. The molecule has 0 saturated heterocycles. The number of hydrogen-bond donors (Lipinski definition) is 0. The van der Waals surface area contributed by atoms with Crippen LogP contribution in [0.3, 0.4) is 0 Å². The highest BCUT2D eigenvalue weighted by Gasteiger charge is 2.15. The Morgan fingerprint density at radius 3 is 1.54 bits per heavy atom. The number of methoxy groups -OCH3 is 2. The van der Waals surface area contributed by atoms with Gasteiger partial charge in [0.1, 0.15) is 11.5 Å². The molecule has 0 spiro atoms. The number of thioether (sulfide) groups is 2. The van der Waals surface area contributed by atoms with E-state index in [4.69, 9.17) is 18.9 Å². The molecule has 26 heavy (non-hydrogen) atoms. The highest BCUT2D eigenvalue weighted by atomic mass is 32.2. The van der Waals surface area contributed by atoms with Gasteiger partial charge in [0, 0.05) is 14.2 Å². The Hall–Kier alpha value is -1.34. The van der Waals surface area contributed by atoms with Crippen LogP contribution in [0.2, 0.25) is 0 Å². The lowest BCUT2D eigenvalue weighted by atomic mass is 9.99. The van der Waals surface area contributed by atoms with E-state index in [2.05, 4.69) is 50.6 Å². The van der Waals surface area contributed by atoms with Crippen molar-refractivity contribution < 1.29 is 18.9 Å². The van der Waals surface area contributed by atoms with Crippen LogP contribution in [0.25, 0.3) is 11.1 Å². The predicted molar refractivity (Wildman–Crippen MR) is 110 cm³/mol. The molecule has 0 atom stereocenters.